The molecule has 3 aromatic rings. The van der Waals surface area contributed by atoms with Gasteiger partial charge in [-0.05, 0) is 49.2 Å². The number of piperidine rings is 1. The molecule has 0 N–H and O–H groups in total. The van der Waals surface area contributed by atoms with Crippen molar-refractivity contribution in [2.24, 2.45) is 0 Å². The molecule has 0 atom stereocenters. The van der Waals surface area contributed by atoms with Crippen LogP contribution in [0.3, 0.4) is 0 Å². The molecule has 1 amide bonds. The van der Waals surface area contributed by atoms with Gasteiger partial charge in [-0.15, -0.1) is 0 Å². The van der Waals surface area contributed by atoms with Gasteiger partial charge in [0, 0.05) is 41.8 Å². The first-order valence-corrected chi connectivity index (χ1v) is 8.37. The first-order chi connectivity index (χ1) is 11.8. The third-order valence-electron chi connectivity index (χ3n) is 4.71. The van der Waals surface area contributed by atoms with Gasteiger partial charge in [0.15, 0.2) is 5.65 Å². The highest BCUT2D eigenvalue weighted by atomic mass is 16.2. The van der Waals surface area contributed by atoms with Crippen LogP contribution in [0.15, 0.2) is 60.8 Å². The summed E-state index contributed by atoms with van der Waals surface area (Å²) in [5.41, 5.74) is 2.66. The standard InChI is InChI=1S/C20H19N3O/c24-20(17-5-2-1-3-6-17)23-13-10-15(11-14-23)18-9-8-16-7-4-12-21-19(16)22-18/h1-9,12,15H,10-11,13-14H2. The number of fused-ring (bicyclic) bond motifs is 1. The number of carbonyl (C=O) groups excluding carboxylic acids is 1. The van der Waals surface area contributed by atoms with Gasteiger partial charge in [-0.25, -0.2) is 9.97 Å². The molecule has 4 heteroatoms. The predicted octanol–water partition coefficient (Wildman–Crippen LogP) is 3.65. The molecule has 120 valence electrons. The van der Waals surface area contributed by atoms with E-state index in [2.05, 4.69) is 17.1 Å². The predicted molar refractivity (Wildman–Crippen MR) is 93.9 cm³/mol. The Balaban J connectivity index is 1.46. The Kier molecular flexibility index (Phi) is 3.95. The number of benzene rings is 1. The van der Waals surface area contributed by atoms with E-state index in [1.165, 1.54) is 0 Å². The minimum atomic E-state index is 0.127. The Morgan fingerprint density at radius 2 is 1.75 bits per heavy atom. The van der Waals surface area contributed by atoms with Crippen molar-refractivity contribution in [3.8, 4) is 0 Å². The van der Waals surface area contributed by atoms with E-state index in [0.717, 1.165) is 48.2 Å². The van der Waals surface area contributed by atoms with Crippen LogP contribution in [0.25, 0.3) is 11.0 Å². The van der Waals surface area contributed by atoms with Crippen LogP contribution < -0.4 is 0 Å². The average Bonchev–Trinajstić information content (AvgIpc) is 2.68. The van der Waals surface area contributed by atoms with E-state index in [1.54, 1.807) is 6.20 Å². The zero-order valence-corrected chi connectivity index (χ0v) is 13.4. The average molecular weight is 317 g/mol. The number of pyridine rings is 2. The second-order valence-corrected chi connectivity index (χ2v) is 6.22. The zero-order chi connectivity index (χ0) is 16.4. The van der Waals surface area contributed by atoms with Gasteiger partial charge in [0.2, 0.25) is 0 Å². The van der Waals surface area contributed by atoms with Crippen molar-refractivity contribution in [1.29, 1.82) is 0 Å². The van der Waals surface area contributed by atoms with E-state index in [1.807, 2.05) is 47.4 Å². The Bertz CT molecular complexity index is 855. The molecule has 0 bridgehead atoms. The number of nitrogens with zero attached hydrogens (tertiary/aromatic N) is 3. The van der Waals surface area contributed by atoms with Crippen LogP contribution in [-0.4, -0.2) is 33.9 Å². The maximum absolute atomic E-state index is 12.5. The van der Waals surface area contributed by atoms with Crippen molar-refractivity contribution < 1.29 is 4.79 Å². The van der Waals surface area contributed by atoms with E-state index >= 15 is 0 Å². The number of likely N-dealkylation sites (tertiary alicyclic amines) is 1. The van der Waals surface area contributed by atoms with Gasteiger partial charge in [0.1, 0.15) is 0 Å². The molecule has 0 saturated carbocycles. The topological polar surface area (TPSA) is 46.1 Å². The molecule has 1 aliphatic heterocycles. The Morgan fingerprint density at radius 3 is 2.54 bits per heavy atom. The second-order valence-electron chi connectivity index (χ2n) is 6.22. The lowest BCUT2D eigenvalue weighted by molar-refractivity contribution is 0.0712. The summed E-state index contributed by atoms with van der Waals surface area (Å²) in [5.74, 6) is 0.526. The van der Waals surface area contributed by atoms with Crippen molar-refractivity contribution in [3.63, 3.8) is 0 Å². The van der Waals surface area contributed by atoms with Gasteiger partial charge >= 0.3 is 0 Å². The molecular formula is C20H19N3O. The lowest BCUT2D eigenvalue weighted by atomic mass is 9.92. The van der Waals surface area contributed by atoms with Gasteiger partial charge in [-0.3, -0.25) is 4.79 Å². The Morgan fingerprint density at radius 1 is 0.958 bits per heavy atom. The summed E-state index contributed by atoms with van der Waals surface area (Å²) < 4.78 is 0. The van der Waals surface area contributed by atoms with Crippen LogP contribution in [-0.2, 0) is 0 Å². The van der Waals surface area contributed by atoms with Crippen LogP contribution >= 0.6 is 0 Å². The highest BCUT2D eigenvalue weighted by Crippen LogP contribution is 2.28. The molecule has 24 heavy (non-hydrogen) atoms. The van der Waals surface area contributed by atoms with E-state index in [9.17, 15) is 4.79 Å². The van der Waals surface area contributed by atoms with Crippen LogP contribution in [0, 0.1) is 0 Å². The number of carbonyl (C=O) groups is 1. The Hall–Kier alpha value is -2.75. The lowest BCUT2D eigenvalue weighted by Gasteiger charge is -2.31. The number of hydrogen-bond acceptors (Lipinski definition) is 3. The van der Waals surface area contributed by atoms with Crippen LogP contribution in [0.4, 0.5) is 0 Å². The van der Waals surface area contributed by atoms with Gasteiger partial charge < -0.3 is 4.90 Å². The molecule has 3 heterocycles. The molecule has 1 fully saturated rings. The van der Waals surface area contributed by atoms with Crippen molar-refractivity contribution in [3.05, 3.63) is 72.1 Å². The Labute approximate surface area is 141 Å². The lowest BCUT2D eigenvalue weighted by Crippen LogP contribution is -2.38. The third kappa shape index (κ3) is 2.87. The van der Waals surface area contributed by atoms with E-state index in [-0.39, 0.29) is 5.91 Å². The maximum Gasteiger partial charge on any atom is 0.253 e. The van der Waals surface area contributed by atoms with Gasteiger partial charge in [-0.2, -0.15) is 0 Å². The number of hydrogen-bond donors (Lipinski definition) is 0. The van der Waals surface area contributed by atoms with Crippen LogP contribution in [0.5, 0.6) is 0 Å². The summed E-state index contributed by atoms with van der Waals surface area (Å²) in [5, 5.41) is 1.07. The van der Waals surface area contributed by atoms with E-state index in [0.29, 0.717) is 5.92 Å². The minimum absolute atomic E-state index is 0.127. The SMILES string of the molecule is O=C(c1ccccc1)N1CCC(c2ccc3cccnc3n2)CC1. The van der Waals surface area contributed by atoms with Crippen molar-refractivity contribution in [1.82, 2.24) is 14.9 Å². The fraction of sp³-hybridized carbons (Fsp3) is 0.250. The molecule has 0 aliphatic carbocycles. The van der Waals surface area contributed by atoms with Gasteiger partial charge in [0.05, 0.1) is 0 Å². The number of aromatic nitrogens is 2. The summed E-state index contributed by atoms with van der Waals surface area (Å²) in [6, 6.07) is 17.7. The normalized spacial score (nSPS) is 15.6. The summed E-state index contributed by atoms with van der Waals surface area (Å²) in [6.07, 6.45) is 3.67. The van der Waals surface area contributed by atoms with E-state index < -0.39 is 0 Å². The van der Waals surface area contributed by atoms with Crippen LogP contribution in [0.1, 0.15) is 34.8 Å². The van der Waals surface area contributed by atoms with E-state index in [4.69, 9.17) is 4.98 Å². The fourth-order valence-electron chi connectivity index (χ4n) is 3.34. The van der Waals surface area contributed by atoms with Crippen molar-refractivity contribution in [2.75, 3.05) is 13.1 Å². The molecule has 0 radical (unpaired) electrons. The molecule has 4 nitrogen and oxygen atoms in total. The molecule has 1 saturated heterocycles. The molecule has 1 aromatic carbocycles. The van der Waals surface area contributed by atoms with Gasteiger partial charge in [-0.1, -0.05) is 18.2 Å². The van der Waals surface area contributed by atoms with Crippen molar-refractivity contribution >= 4 is 16.9 Å². The highest BCUT2D eigenvalue weighted by molar-refractivity contribution is 5.94. The largest absolute Gasteiger partial charge is 0.339 e. The minimum Gasteiger partial charge on any atom is -0.339 e. The molecule has 4 rings (SSSR count). The molecular weight excluding hydrogens is 298 g/mol. The number of rotatable bonds is 2. The second kappa shape index (κ2) is 6.40. The third-order valence-corrected chi connectivity index (χ3v) is 4.71. The summed E-state index contributed by atoms with van der Waals surface area (Å²) in [6.45, 7) is 1.56. The highest BCUT2D eigenvalue weighted by Gasteiger charge is 2.25. The van der Waals surface area contributed by atoms with Crippen LogP contribution in [0.2, 0.25) is 0 Å². The van der Waals surface area contributed by atoms with Crippen molar-refractivity contribution in [2.45, 2.75) is 18.8 Å². The maximum atomic E-state index is 12.5. The molecule has 0 unspecified atom stereocenters. The smallest absolute Gasteiger partial charge is 0.253 e. The molecule has 2 aromatic heterocycles. The quantitative estimate of drug-likeness (QED) is 0.725. The summed E-state index contributed by atoms with van der Waals surface area (Å²) >= 11 is 0. The zero-order valence-electron chi connectivity index (χ0n) is 13.4. The summed E-state index contributed by atoms with van der Waals surface area (Å²) in [4.78, 5) is 23.5. The number of amides is 1. The van der Waals surface area contributed by atoms with Gasteiger partial charge in [0.25, 0.3) is 5.91 Å². The first kappa shape index (κ1) is 14.8. The fourth-order valence-corrected chi connectivity index (χ4v) is 3.34. The molecule has 1 aliphatic rings. The molecule has 0 spiro atoms. The summed E-state index contributed by atoms with van der Waals surface area (Å²) in [7, 11) is 0. The first-order valence-electron chi connectivity index (χ1n) is 8.37. The monoisotopic (exact) mass is 317 g/mol.